The molecule has 0 aromatic carbocycles. The molecule has 2 N–H and O–H groups in total. The van der Waals surface area contributed by atoms with E-state index >= 15 is 0 Å². The van der Waals surface area contributed by atoms with Gasteiger partial charge in [-0.15, -0.1) is 0 Å². The molecule has 0 aromatic rings. The van der Waals surface area contributed by atoms with Gasteiger partial charge < -0.3 is 15.5 Å². The predicted molar refractivity (Wildman–Crippen MR) is 80.2 cm³/mol. The average Bonchev–Trinajstić information content (AvgIpc) is 3.21. The molecule has 0 unspecified atom stereocenters. The zero-order chi connectivity index (χ0) is 14.1. The van der Waals surface area contributed by atoms with E-state index in [4.69, 9.17) is 5.73 Å². The molecule has 0 spiro atoms. The quantitative estimate of drug-likeness (QED) is 0.844. The van der Waals surface area contributed by atoms with Crippen LogP contribution < -0.4 is 5.73 Å². The molecule has 0 aromatic heterocycles. The van der Waals surface area contributed by atoms with Gasteiger partial charge >= 0.3 is 0 Å². The Bertz CT molecular complexity index is 348. The van der Waals surface area contributed by atoms with Crippen LogP contribution in [0.15, 0.2) is 0 Å². The van der Waals surface area contributed by atoms with E-state index < -0.39 is 0 Å². The van der Waals surface area contributed by atoms with E-state index in [0.29, 0.717) is 24.3 Å². The van der Waals surface area contributed by atoms with Gasteiger partial charge in [0.1, 0.15) is 0 Å². The lowest BCUT2D eigenvalue weighted by Crippen LogP contribution is -2.39. The van der Waals surface area contributed by atoms with Crippen molar-refractivity contribution in [3.05, 3.63) is 0 Å². The van der Waals surface area contributed by atoms with Crippen LogP contribution in [0.5, 0.6) is 0 Å². The topological polar surface area (TPSA) is 49.6 Å². The molecule has 3 fully saturated rings. The van der Waals surface area contributed by atoms with Crippen LogP contribution in [0, 0.1) is 17.8 Å². The first kappa shape index (κ1) is 14.3. The number of carbonyl (C=O) groups is 1. The highest BCUT2D eigenvalue weighted by molar-refractivity contribution is 5.76. The summed E-state index contributed by atoms with van der Waals surface area (Å²) in [5, 5.41) is 0. The van der Waals surface area contributed by atoms with Crippen molar-refractivity contribution >= 4 is 5.91 Å². The summed E-state index contributed by atoms with van der Waals surface area (Å²) in [5.41, 5.74) is 6.24. The Kier molecular flexibility index (Phi) is 4.32. The average molecular weight is 279 g/mol. The number of hydrogen-bond donors (Lipinski definition) is 1. The summed E-state index contributed by atoms with van der Waals surface area (Å²) in [6, 6.07) is 0.341. The maximum Gasteiger partial charge on any atom is 0.223 e. The standard InChI is InChI=1S/C16H29N3O/c1-12-4-8-19(9-5-12)16(20)6-7-18-10-14(13-2-3-13)15(17)11-18/h12-15H,2-11,17H2,1H3/t14-,15+/m0/s1. The SMILES string of the molecule is CC1CCN(C(=O)CCN2C[C@@H](N)[C@H](C3CC3)C2)CC1. The number of nitrogens with zero attached hydrogens (tertiary/aromatic N) is 2. The normalized spacial score (nSPS) is 32.8. The lowest BCUT2D eigenvalue weighted by molar-refractivity contribution is -0.132. The molecular weight excluding hydrogens is 250 g/mol. The zero-order valence-electron chi connectivity index (χ0n) is 12.8. The number of piperidine rings is 1. The van der Waals surface area contributed by atoms with Crippen molar-refractivity contribution in [2.75, 3.05) is 32.7 Å². The molecule has 114 valence electrons. The Morgan fingerprint density at radius 3 is 2.50 bits per heavy atom. The molecule has 2 saturated heterocycles. The predicted octanol–water partition coefficient (Wildman–Crippen LogP) is 1.30. The van der Waals surface area contributed by atoms with Crippen molar-refractivity contribution in [1.29, 1.82) is 0 Å². The van der Waals surface area contributed by atoms with Crippen molar-refractivity contribution in [1.82, 2.24) is 9.80 Å². The van der Waals surface area contributed by atoms with Gasteiger partial charge in [0.2, 0.25) is 5.91 Å². The molecule has 0 radical (unpaired) electrons. The second-order valence-corrected chi connectivity index (χ2v) is 7.24. The third-order valence-electron chi connectivity index (χ3n) is 5.49. The molecule has 4 nitrogen and oxygen atoms in total. The van der Waals surface area contributed by atoms with Gasteiger partial charge in [0.05, 0.1) is 0 Å². The lowest BCUT2D eigenvalue weighted by Gasteiger charge is -2.30. The van der Waals surface area contributed by atoms with Crippen molar-refractivity contribution in [3.63, 3.8) is 0 Å². The number of carbonyl (C=O) groups excluding carboxylic acids is 1. The molecule has 4 heteroatoms. The second kappa shape index (κ2) is 6.02. The van der Waals surface area contributed by atoms with Crippen LogP contribution in [-0.4, -0.2) is 54.5 Å². The molecular formula is C16H29N3O. The van der Waals surface area contributed by atoms with E-state index in [1.807, 2.05) is 0 Å². The first-order chi connectivity index (χ1) is 9.63. The highest BCUT2D eigenvalue weighted by Gasteiger charge is 2.40. The van der Waals surface area contributed by atoms with Crippen LogP contribution in [0.3, 0.4) is 0 Å². The van der Waals surface area contributed by atoms with Crippen molar-refractivity contribution < 1.29 is 4.79 Å². The molecule has 3 rings (SSSR count). The Balaban J connectivity index is 1.40. The minimum atomic E-state index is 0.341. The smallest absolute Gasteiger partial charge is 0.223 e. The molecule has 0 bridgehead atoms. The van der Waals surface area contributed by atoms with Gasteiger partial charge in [-0.1, -0.05) is 6.92 Å². The highest BCUT2D eigenvalue weighted by atomic mass is 16.2. The maximum atomic E-state index is 12.2. The zero-order valence-corrected chi connectivity index (χ0v) is 12.8. The lowest BCUT2D eigenvalue weighted by atomic mass is 9.99. The highest BCUT2D eigenvalue weighted by Crippen LogP contribution is 2.40. The Hall–Kier alpha value is -0.610. The number of nitrogens with two attached hydrogens (primary N) is 1. The fourth-order valence-electron chi connectivity index (χ4n) is 3.82. The molecule has 2 aliphatic heterocycles. The summed E-state index contributed by atoms with van der Waals surface area (Å²) in [7, 11) is 0. The van der Waals surface area contributed by atoms with Gasteiger partial charge in [-0.25, -0.2) is 0 Å². The number of hydrogen-bond acceptors (Lipinski definition) is 3. The van der Waals surface area contributed by atoms with Gasteiger partial charge in [-0.05, 0) is 43.4 Å². The van der Waals surface area contributed by atoms with Crippen LogP contribution >= 0.6 is 0 Å². The first-order valence-electron chi connectivity index (χ1n) is 8.39. The van der Waals surface area contributed by atoms with E-state index in [-0.39, 0.29) is 0 Å². The molecule has 20 heavy (non-hydrogen) atoms. The Morgan fingerprint density at radius 2 is 1.85 bits per heavy atom. The van der Waals surface area contributed by atoms with Crippen LogP contribution in [-0.2, 0) is 4.79 Å². The Labute approximate surface area is 122 Å². The second-order valence-electron chi connectivity index (χ2n) is 7.24. The monoisotopic (exact) mass is 279 g/mol. The van der Waals surface area contributed by atoms with Crippen LogP contribution in [0.2, 0.25) is 0 Å². The maximum absolute atomic E-state index is 12.2. The molecule has 3 aliphatic rings. The molecule has 1 saturated carbocycles. The third-order valence-corrected chi connectivity index (χ3v) is 5.49. The summed E-state index contributed by atoms with van der Waals surface area (Å²) in [6.45, 7) is 7.23. The van der Waals surface area contributed by atoms with Crippen LogP contribution in [0.1, 0.15) is 39.0 Å². The molecule has 2 atom stereocenters. The van der Waals surface area contributed by atoms with Crippen molar-refractivity contribution in [3.8, 4) is 0 Å². The minimum Gasteiger partial charge on any atom is -0.343 e. The van der Waals surface area contributed by atoms with Crippen LogP contribution in [0.4, 0.5) is 0 Å². The Morgan fingerprint density at radius 1 is 1.15 bits per heavy atom. The number of likely N-dealkylation sites (tertiary alicyclic amines) is 2. The van der Waals surface area contributed by atoms with Gasteiger partial charge in [0, 0.05) is 45.2 Å². The van der Waals surface area contributed by atoms with E-state index in [9.17, 15) is 4.79 Å². The van der Waals surface area contributed by atoms with Crippen molar-refractivity contribution in [2.45, 2.75) is 45.1 Å². The summed E-state index contributed by atoms with van der Waals surface area (Å²) in [5.74, 6) is 2.71. The summed E-state index contributed by atoms with van der Waals surface area (Å²) in [6.07, 6.45) is 5.76. The summed E-state index contributed by atoms with van der Waals surface area (Å²) >= 11 is 0. The van der Waals surface area contributed by atoms with E-state index in [2.05, 4.69) is 16.7 Å². The largest absolute Gasteiger partial charge is 0.343 e. The van der Waals surface area contributed by atoms with E-state index in [1.165, 1.54) is 25.7 Å². The van der Waals surface area contributed by atoms with E-state index in [0.717, 1.165) is 44.6 Å². The van der Waals surface area contributed by atoms with Gasteiger partial charge in [-0.2, -0.15) is 0 Å². The van der Waals surface area contributed by atoms with Gasteiger partial charge in [0.15, 0.2) is 0 Å². The minimum absolute atomic E-state index is 0.341. The van der Waals surface area contributed by atoms with Crippen LogP contribution in [0.25, 0.3) is 0 Å². The molecule has 2 heterocycles. The van der Waals surface area contributed by atoms with Gasteiger partial charge in [-0.3, -0.25) is 4.79 Å². The fraction of sp³-hybridized carbons (Fsp3) is 0.938. The number of amides is 1. The summed E-state index contributed by atoms with van der Waals surface area (Å²) < 4.78 is 0. The molecule has 1 aliphatic carbocycles. The fourth-order valence-corrected chi connectivity index (χ4v) is 3.82. The molecule has 1 amide bonds. The first-order valence-corrected chi connectivity index (χ1v) is 8.39. The summed E-state index contributed by atoms with van der Waals surface area (Å²) in [4.78, 5) is 16.7. The van der Waals surface area contributed by atoms with Crippen molar-refractivity contribution in [2.24, 2.45) is 23.5 Å². The van der Waals surface area contributed by atoms with Gasteiger partial charge in [0.25, 0.3) is 0 Å². The number of rotatable bonds is 4. The van der Waals surface area contributed by atoms with E-state index in [1.54, 1.807) is 0 Å². The third kappa shape index (κ3) is 3.34.